The van der Waals surface area contributed by atoms with Crippen LogP contribution in [-0.4, -0.2) is 100 Å². The lowest BCUT2D eigenvalue weighted by Crippen LogP contribution is -2.47. The minimum atomic E-state index is -4.56. The van der Waals surface area contributed by atoms with Crippen LogP contribution in [0.5, 0.6) is 11.5 Å². The van der Waals surface area contributed by atoms with Crippen molar-refractivity contribution in [2.45, 2.75) is 75.8 Å². The van der Waals surface area contributed by atoms with Gasteiger partial charge in [0.25, 0.3) is 21.6 Å². The van der Waals surface area contributed by atoms with Crippen LogP contribution in [0, 0.1) is 15.5 Å². The van der Waals surface area contributed by atoms with E-state index in [2.05, 4.69) is 50.7 Å². The van der Waals surface area contributed by atoms with Gasteiger partial charge in [-0.05, 0) is 116 Å². The van der Waals surface area contributed by atoms with Gasteiger partial charge in [0.2, 0.25) is 0 Å². The van der Waals surface area contributed by atoms with Crippen LogP contribution < -0.4 is 19.7 Å². The van der Waals surface area contributed by atoms with Crippen LogP contribution in [0.1, 0.15) is 74.7 Å². The van der Waals surface area contributed by atoms with Gasteiger partial charge < -0.3 is 19.7 Å². The summed E-state index contributed by atoms with van der Waals surface area (Å²) in [5, 5.41) is 16.7. The van der Waals surface area contributed by atoms with Gasteiger partial charge in [-0.25, -0.2) is 13.1 Å². The van der Waals surface area contributed by atoms with Gasteiger partial charge in [-0.2, -0.15) is 0 Å². The molecular weight excluding hydrogens is 876 g/mol. The van der Waals surface area contributed by atoms with Crippen molar-refractivity contribution in [1.29, 1.82) is 0 Å². The molecule has 13 nitrogen and oxygen atoms in total. The monoisotopic (exact) mass is 930 g/mol. The van der Waals surface area contributed by atoms with Crippen molar-refractivity contribution in [3.63, 3.8) is 0 Å². The number of morpholine rings is 1. The van der Waals surface area contributed by atoms with Crippen LogP contribution in [0.25, 0.3) is 5.57 Å². The predicted molar refractivity (Wildman–Crippen MR) is 252 cm³/mol. The van der Waals surface area contributed by atoms with E-state index in [0.717, 1.165) is 121 Å². The third kappa shape index (κ3) is 11.2. The van der Waals surface area contributed by atoms with Gasteiger partial charge in [0.15, 0.2) is 0 Å². The number of benzene rings is 4. The number of sulfonamides is 1. The Morgan fingerprint density at radius 2 is 1.62 bits per heavy atom. The van der Waals surface area contributed by atoms with E-state index < -0.39 is 25.7 Å². The van der Waals surface area contributed by atoms with E-state index in [-0.39, 0.29) is 34.1 Å². The van der Waals surface area contributed by atoms with Gasteiger partial charge in [-0.1, -0.05) is 60.8 Å². The van der Waals surface area contributed by atoms with Gasteiger partial charge >= 0.3 is 0 Å². The topological polar surface area (TPSA) is 147 Å². The van der Waals surface area contributed by atoms with Gasteiger partial charge in [0, 0.05) is 85.8 Å². The molecule has 2 aliphatic carbocycles. The number of hydrogen-bond acceptors (Lipinski definition) is 11. The number of ether oxygens (including phenoxy) is 2. The quantitative estimate of drug-likeness (QED) is 0.0976. The van der Waals surface area contributed by atoms with Crippen molar-refractivity contribution in [2.75, 3.05) is 69.2 Å². The zero-order valence-corrected chi connectivity index (χ0v) is 38.7. The summed E-state index contributed by atoms with van der Waals surface area (Å²) in [6.07, 6.45) is 6.76. The number of amides is 1. The summed E-state index contributed by atoms with van der Waals surface area (Å²) in [6, 6.07) is 24.1. The number of nitro groups is 1. The Bertz CT molecular complexity index is 2480. The van der Waals surface area contributed by atoms with Crippen molar-refractivity contribution in [3.05, 3.63) is 122 Å². The maximum atomic E-state index is 13.9. The lowest BCUT2D eigenvalue weighted by molar-refractivity contribution is -0.384. The van der Waals surface area contributed by atoms with E-state index in [1.165, 1.54) is 28.8 Å². The SMILES string of the molecule is CC1(C)CCC(CN2CCN(c3ccc(C(=O)NS(=O)(=O)c4ccc(NC5CCC(N6CCOCC6)CC5)c([N+](=O)[O-])c4)c(Oc4cccc(Cl)c4)c3)CC2)=C(c2ccc(Cl)cc2)C1. The molecule has 4 aromatic rings. The number of carbonyl (C=O) groups is 1. The van der Waals surface area contributed by atoms with Gasteiger partial charge in [-0.3, -0.25) is 24.7 Å². The highest BCUT2D eigenvalue weighted by atomic mass is 35.5. The Hall–Kier alpha value is -4.70. The van der Waals surface area contributed by atoms with E-state index in [1.807, 2.05) is 12.1 Å². The van der Waals surface area contributed by atoms with E-state index in [4.69, 9.17) is 32.7 Å². The maximum Gasteiger partial charge on any atom is 0.293 e. The first kappa shape index (κ1) is 45.9. The normalized spacial score (nSPS) is 21.0. The van der Waals surface area contributed by atoms with Gasteiger partial charge in [-0.15, -0.1) is 0 Å². The summed E-state index contributed by atoms with van der Waals surface area (Å²) in [5.41, 5.74) is 4.96. The fourth-order valence-electron chi connectivity index (χ4n) is 9.47. The number of nitro benzene ring substituents is 1. The predicted octanol–water partition coefficient (Wildman–Crippen LogP) is 9.65. The van der Waals surface area contributed by atoms with Crippen molar-refractivity contribution in [2.24, 2.45) is 5.41 Å². The van der Waals surface area contributed by atoms with Gasteiger partial charge in [0.05, 0.1) is 28.6 Å². The van der Waals surface area contributed by atoms with Crippen LogP contribution >= 0.6 is 23.2 Å². The van der Waals surface area contributed by atoms with E-state index in [9.17, 15) is 23.3 Å². The van der Waals surface area contributed by atoms with E-state index >= 15 is 0 Å². The molecule has 64 heavy (non-hydrogen) atoms. The van der Waals surface area contributed by atoms with E-state index in [0.29, 0.717) is 16.8 Å². The molecule has 2 heterocycles. The number of nitrogens with one attached hydrogen (secondary N) is 2. The first-order valence-electron chi connectivity index (χ1n) is 22.2. The fourth-order valence-corrected chi connectivity index (χ4v) is 10.8. The van der Waals surface area contributed by atoms with Crippen LogP contribution in [0.3, 0.4) is 0 Å². The smallest absolute Gasteiger partial charge is 0.293 e. The van der Waals surface area contributed by atoms with Crippen molar-refractivity contribution in [3.8, 4) is 11.5 Å². The van der Waals surface area contributed by atoms with Crippen LogP contribution in [-0.2, 0) is 14.8 Å². The third-order valence-electron chi connectivity index (χ3n) is 13.1. The highest BCUT2D eigenvalue weighted by Gasteiger charge is 2.32. The molecule has 1 saturated carbocycles. The summed E-state index contributed by atoms with van der Waals surface area (Å²) in [7, 11) is -4.56. The highest BCUT2D eigenvalue weighted by molar-refractivity contribution is 7.90. The summed E-state index contributed by atoms with van der Waals surface area (Å²) in [4.78, 5) is 32.4. The number of allylic oxidation sites excluding steroid dienone is 1. The first-order chi connectivity index (χ1) is 30.7. The molecule has 0 bridgehead atoms. The van der Waals surface area contributed by atoms with Crippen molar-refractivity contribution >= 4 is 61.8 Å². The molecule has 0 spiro atoms. The molecule has 2 saturated heterocycles. The number of piperazine rings is 1. The summed E-state index contributed by atoms with van der Waals surface area (Å²) in [5.74, 6) is -0.456. The Morgan fingerprint density at radius 1 is 0.891 bits per heavy atom. The minimum absolute atomic E-state index is 0.00362. The molecule has 3 fully saturated rings. The number of carbonyl (C=O) groups excluding carboxylic acids is 1. The summed E-state index contributed by atoms with van der Waals surface area (Å²) < 4.78 is 41.4. The van der Waals surface area contributed by atoms with E-state index in [1.54, 1.807) is 42.5 Å². The molecule has 2 aliphatic heterocycles. The van der Waals surface area contributed by atoms with Crippen molar-refractivity contribution < 1.29 is 27.6 Å². The molecule has 0 unspecified atom stereocenters. The number of anilines is 2. The number of rotatable bonds is 13. The second-order valence-corrected chi connectivity index (χ2v) is 20.7. The second kappa shape index (κ2) is 19.8. The summed E-state index contributed by atoms with van der Waals surface area (Å²) >= 11 is 12.5. The number of hydrogen-bond donors (Lipinski definition) is 2. The Kier molecular flexibility index (Phi) is 14.2. The zero-order valence-electron chi connectivity index (χ0n) is 36.4. The molecule has 2 N–H and O–H groups in total. The fraction of sp³-hybridized carbons (Fsp3) is 0.438. The first-order valence-corrected chi connectivity index (χ1v) is 24.4. The molecule has 0 aromatic heterocycles. The molecule has 16 heteroatoms. The Morgan fingerprint density at radius 3 is 2.33 bits per heavy atom. The number of nitrogens with zero attached hydrogens (tertiary/aromatic N) is 4. The standard InChI is InChI=1S/C48H56Cl2N6O7S/c1-48(2)19-18-34(43(31-48)33-6-8-35(49)9-7-33)32-53-20-22-54(23-21-53)39-14-16-42(46(29-39)63-40-5-3-4-36(50)28-40)47(57)52-64(60,61)41-15-17-44(45(30-41)56(58)59)51-37-10-12-38(13-11-37)55-24-26-62-27-25-55/h3-9,14-17,28-30,37-38,51H,10-13,18-27,31-32H2,1-2H3,(H,52,57). The second-order valence-electron chi connectivity index (χ2n) is 18.1. The molecule has 4 aromatic carbocycles. The van der Waals surface area contributed by atoms with Crippen LogP contribution in [0.15, 0.2) is 95.4 Å². The average Bonchev–Trinajstić information content (AvgIpc) is 3.28. The third-order valence-corrected chi connectivity index (χ3v) is 14.9. The lowest BCUT2D eigenvalue weighted by Gasteiger charge is -2.39. The van der Waals surface area contributed by atoms with Crippen LogP contribution in [0.4, 0.5) is 17.1 Å². The molecular formula is C48H56Cl2N6O7S. The van der Waals surface area contributed by atoms with Gasteiger partial charge in [0.1, 0.15) is 17.2 Å². The maximum absolute atomic E-state index is 13.9. The molecule has 0 radical (unpaired) electrons. The minimum Gasteiger partial charge on any atom is -0.456 e. The Balaban J connectivity index is 0.958. The average molecular weight is 932 g/mol. The molecule has 1 amide bonds. The number of halogens is 2. The molecule has 4 aliphatic rings. The Labute approximate surface area is 385 Å². The zero-order chi connectivity index (χ0) is 45.0. The lowest BCUT2D eigenvalue weighted by atomic mass is 9.72. The molecule has 340 valence electrons. The van der Waals surface area contributed by atoms with Crippen LogP contribution in [0.2, 0.25) is 10.0 Å². The highest BCUT2D eigenvalue weighted by Crippen LogP contribution is 2.44. The molecule has 8 rings (SSSR count). The summed E-state index contributed by atoms with van der Waals surface area (Å²) in [6.45, 7) is 11.9. The largest absolute Gasteiger partial charge is 0.456 e. The van der Waals surface area contributed by atoms with Crippen molar-refractivity contribution in [1.82, 2.24) is 14.5 Å². The molecule has 0 atom stereocenters.